The third-order valence-electron chi connectivity index (χ3n) is 6.29. The van der Waals surface area contributed by atoms with Gasteiger partial charge in [-0.15, -0.1) is 0 Å². The van der Waals surface area contributed by atoms with Gasteiger partial charge in [0.1, 0.15) is 0 Å². The van der Waals surface area contributed by atoms with Crippen molar-refractivity contribution < 1.29 is 9.53 Å². The van der Waals surface area contributed by atoms with Gasteiger partial charge in [-0.25, -0.2) is 0 Å². The van der Waals surface area contributed by atoms with E-state index in [0.717, 1.165) is 66.4 Å². The fraction of sp³-hybridized carbons (Fsp3) is 0.524. The van der Waals surface area contributed by atoms with E-state index in [2.05, 4.69) is 31.6 Å². The summed E-state index contributed by atoms with van der Waals surface area (Å²) in [6.07, 6.45) is 3.80. The normalized spacial score (nSPS) is 21.3. The Hall–Kier alpha value is -1.57. The van der Waals surface area contributed by atoms with E-state index in [0.29, 0.717) is 13.2 Å². The van der Waals surface area contributed by atoms with Gasteiger partial charge in [-0.2, -0.15) is 5.10 Å². The molecule has 154 valence electrons. The Balaban J connectivity index is 1.63. The number of ether oxygens (including phenoxy) is 1. The molecule has 0 spiro atoms. The van der Waals surface area contributed by atoms with Crippen LogP contribution in [-0.2, 0) is 28.9 Å². The number of hydrogen-bond donors (Lipinski definition) is 0. The molecule has 0 bridgehead atoms. The molecule has 4 heterocycles. The molecule has 1 aromatic heterocycles. The van der Waals surface area contributed by atoms with Crippen LogP contribution in [0.15, 0.2) is 16.6 Å². The molecule has 29 heavy (non-hydrogen) atoms. The summed E-state index contributed by atoms with van der Waals surface area (Å²) in [6.45, 7) is 5.40. The molecule has 0 saturated carbocycles. The van der Waals surface area contributed by atoms with E-state index in [1.54, 1.807) is 6.92 Å². The predicted molar refractivity (Wildman–Crippen MR) is 116 cm³/mol. The zero-order chi connectivity index (χ0) is 20.1. The van der Waals surface area contributed by atoms with Gasteiger partial charge in [0.2, 0.25) is 5.91 Å². The van der Waals surface area contributed by atoms with Crippen LogP contribution in [0.1, 0.15) is 42.6 Å². The minimum absolute atomic E-state index is 0.115. The second-order valence-electron chi connectivity index (χ2n) is 8.02. The molecule has 5 rings (SSSR count). The Morgan fingerprint density at radius 2 is 2.14 bits per heavy atom. The van der Waals surface area contributed by atoms with Gasteiger partial charge in [-0.3, -0.25) is 9.48 Å². The van der Waals surface area contributed by atoms with Crippen molar-refractivity contribution >= 4 is 44.9 Å². The number of aromatic nitrogens is 2. The van der Waals surface area contributed by atoms with Crippen LogP contribution in [0.25, 0.3) is 0 Å². The summed E-state index contributed by atoms with van der Waals surface area (Å²) in [5.74, 6) is 1.08. The van der Waals surface area contributed by atoms with E-state index in [9.17, 15) is 4.79 Å². The lowest BCUT2D eigenvalue weighted by Crippen LogP contribution is -2.35. The number of fused-ring (bicyclic) bond motifs is 2. The van der Waals surface area contributed by atoms with E-state index >= 15 is 0 Å². The van der Waals surface area contributed by atoms with Gasteiger partial charge >= 0.3 is 0 Å². The maximum absolute atomic E-state index is 12.1. The highest BCUT2D eigenvalue weighted by atomic mass is 79.9. The fourth-order valence-corrected chi connectivity index (χ4v) is 5.38. The van der Waals surface area contributed by atoms with Crippen LogP contribution in [-0.4, -0.2) is 46.9 Å². The lowest BCUT2D eigenvalue weighted by molar-refractivity contribution is -0.129. The van der Waals surface area contributed by atoms with Crippen molar-refractivity contribution in [3.8, 4) is 0 Å². The van der Waals surface area contributed by atoms with E-state index < -0.39 is 0 Å². The summed E-state index contributed by atoms with van der Waals surface area (Å²) in [6, 6.07) is 4.41. The van der Waals surface area contributed by atoms with Crippen molar-refractivity contribution in [2.75, 3.05) is 31.2 Å². The molecule has 1 atom stereocenters. The molecule has 0 aliphatic carbocycles. The third kappa shape index (κ3) is 3.27. The van der Waals surface area contributed by atoms with Gasteiger partial charge in [0, 0.05) is 54.5 Å². The Bertz CT molecular complexity index is 970. The molecule has 1 amide bonds. The van der Waals surface area contributed by atoms with E-state index in [-0.39, 0.29) is 11.9 Å². The Labute approximate surface area is 183 Å². The van der Waals surface area contributed by atoms with Crippen LogP contribution in [0.2, 0.25) is 5.02 Å². The summed E-state index contributed by atoms with van der Waals surface area (Å²) in [5.41, 5.74) is 4.71. The highest BCUT2D eigenvalue weighted by Gasteiger charge is 2.34. The summed E-state index contributed by atoms with van der Waals surface area (Å²) in [5, 5.41) is 5.90. The minimum Gasteiger partial charge on any atom is -0.379 e. The number of nitrogens with zero attached hydrogens (tertiary/aromatic N) is 4. The Morgan fingerprint density at radius 1 is 1.28 bits per heavy atom. The van der Waals surface area contributed by atoms with Crippen molar-refractivity contribution in [3.63, 3.8) is 0 Å². The lowest BCUT2D eigenvalue weighted by Gasteiger charge is -2.33. The largest absolute Gasteiger partial charge is 0.379 e. The number of carbonyl (C=O) groups excluding carboxylic acids is 1. The highest BCUT2D eigenvalue weighted by Crippen LogP contribution is 2.42. The van der Waals surface area contributed by atoms with Crippen LogP contribution in [0.4, 0.5) is 11.5 Å². The number of carbonyl (C=O) groups is 1. The maximum atomic E-state index is 12.1. The fourth-order valence-electron chi connectivity index (χ4n) is 4.76. The lowest BCUT2D eigenvalue weighted by atomic mass is 10.00. The molecule has 8 heteroatoms. The molecule has 1 saturated heterocycles. The van der Waals surface area contributed by atoms with Gasteiger partial charge in [0.25, 0.3) is 0 Å². The number of halogens is 2. The zero-order valence-corrected chi connectivity index (χ0v) is 18.8. The summed E-state index contributed by atoms with van der Waals surface area (Å²) in [7, 11) is 0. The molecular weight excluding hydrogens is 456 g/mol. The number of hydrogen-bond acceptors (Lipinski definition) is 4. The first-order chi connectivity index (χ1) is 14.0. The first kappa shape index (κ1) is 19.4. The van der Waals surface area contributed by atoms with E-state index in [1.807, 2.05) is 11.0 Å². The van der Waals surface area contributed by atoms with Crippen molar-refractivity contribution in [3.05, 3.63) is 38.4 Å². The smallest absolute Gasteiger partial charge is 0.219 e. The van der Waals surface area contributed by atoms with Crippen molar-refractivity contribution in [2.45, 2.75) is 45.2 Å². The standard InChI is InChI=1S/C21H24BrClN4O2/c1-13(28)25-9-6-19-16(11-25)21(24-27(19)14-7-10-29-12-14)26-8-2-3-15-18(26)5-4-17(22)20(15)23/h4-5,14H,2-3,6-12H2,1H3. The molecule has 6 nitrogen and oxygen atoms in total. The third-order valence-corrected chi connectivity index (χ3v) is 7.61. The quantitative estimate of drug-likeness (QED) is 0.646. The second-order valence-corrected chi connectivity index (χ2v) is 9.25. The predicted octanol–water partition coefficient (Wildman–Crippen LogP) is 4.25. The highest BCUT2D eigenvalue weighted by molar-refractivity contribution is 9.10. The second kappa shape index (κ2) is 7.60. The molecule has 3 aliphatic heterocycles. The van der Waals surface area contributed by atoms with Gasteiger partial charge in [0.15, 0.2) is 5.82 Å². The summed E-state index contributed by atoms with van der Waals surface area (Å²) < 4.78 is 8.75. The van der Waals surface area contributed by atoms with Crippen LogP contribution in [0.3, 0.4) is 0 Å². The molecule has 3 aliphatic rings. The first-order valence-electron chi connectivity index (χ1n) is 10.2. The van der Waals surface area contributed by atoms with Crippen molar-refractivity contribution in [1.82, 2.24) is 14.7 Å². The monoisotopic (exact) mass is 478 g/mol. The van der Waals surface area contributed by atoms with Gasteiger partial charge in [0.05, 0.1) is 24.2 Å². The van der Waals surface area contributed by atoms with E-state index in [1.165, 1.54) is 16.8 Å². The maximum Gasteiger partial charge on any atom is 0.219 e. The molecule has 1 aromatic carbocycles. The van der Waals surface area contributed by atoms with Crippen LogP contribution >= 0.6 is 27.5 Å². The molecule has 2 aromatic rings. The van der Waals surface area contributed by atoms with Gasteiger partial charge in [-0.1, -0.05) is 11.6 Å². The van der Waals surface area contributed by atoms with Crippen LogP contribution < -0.4 is 4.90 Å². The number of anilines is 2. The van der Waals surface area contributed by atoms with Gasteiger partial charge < -0.3 is 14.5 Å². The Morgan fingerprint density at radius 3 is 2.90 bits per heavy atom. The molecule has 0 N–H and O–H groups in total. The first-order valence-corrected chi connectivity index (χ1v) is 11.4. The average Bonchev–Trinajstić information content (AvgIpc) is 3.37. The number of rotatable bonds is 2. The zero-order valence-electron chi connectivity index (χ0n) is 16.5. The van der Waals surface area contributed by atoms with Crippen molar-refractivity contribution in [1.29, 1.82) is 0 Å². The van der Waals surface area contributed by atoms with Gasteiger partial charge in [-0.05, 0) is 52.9 Å². The molecule has 0 radical (unpaired) electrons. The van der Waals surface area contributed by atoms with E-state index in [4.69, 9.17) is 21.4 Å². The molecular formula is C21H24BrClN4O2. The number of amides is 1. The number of benzene rings is 1. The molecule has 1 fully saturated rings. The molecule has 1 unspecified atom stereocenters. The topological polar surface area (TPSA) is 50.6 Å². The van der Waals surface area contributed by atoms with Crippen LogP contribution in [0.5, 0.6) is 0 Å². The summed E-state index contributed by atoms with van der Waals surface area (Å²) >= 11 is 10.2. The SMILES string of the molecule is CC(=O)N1CCc2c(c(N3CCCc4c3ccc(Br)c4Cl)nn2C2CCOC2)C1. The minimum atomic E-state index is 0.115. The average molecular weight is 480 g/mol. The Kier molecular flexibility index (Phi) is 5.08. The van der Waals surface area contributed by atoms with Crippen molar-refractivity contribution in [2.24, 2.45) is 0 Å². The summed E-state index contributed by atoms with van der Waals surface area (Å²) in [4.78, 5) is 16.3. The van der Waals surface area contributed by atoms with Crippen LogP contribution in [0, 0.1) is 0 Å².